The highest BCUT2D eigenvalue weighted by Gasteiger charge is 2.53. The third-order valence-corrected chi connectivity index (χ3v) is 5.01. The van der Waals surface area contributed by atoms with E-state index in [2.05, 4.69) is 14.0 Å². The van der Waals surface area contributed by atoms with E-state index in [-0.39, 0.29) is 11.4 Å². The molecule has 1 fully saturated rings. The van der Waals surface area contributed by atoms with Crippen LogP contribution < -0.4 is 11.3 Å². The zero-order chi connectivity index (χ0) is 22.9. The standard InChI is InChI=1S/C14H24N3O9PS/c1-14(20)11(19)9(7-25-27(21,22)24-6-8(15)5-23-2)26-12(14)17-4-3-10(18)16-13(17)28/h3-4,8-9,11-12,19-20H,5-7,15H2,1-2H3,(H,21,22)(H,16,18,28)/t8-,9-,11+,12-,14?/m1/s1/i7D2. The lowest BCUT2D eigenvalue weighted by atomic mass is 9.96. The molecule has 0 amide bonds. The van der Waals surface area contributed by atoms with Gasteiger partial charge in [-0.3, -0.25) is 23.4 Å². The molecule has 1 aromatic rings. The van der Waals surface area contributed by atoms with Crippen LogP contribution in [0.25, 0.3) is 0 Å². The number of H-pyrrole nitrogens is 1. The van der Waals surface area contributed by atoms with Crippen molar-refractivity contribution in [2.24, 2.45) is 5.73 Å². The van der Waals surface area contributed by atoms with E-state index in [1.54, 1.807) is 0 Å². The normalized spacial score (nSPS) is 32.4. The SMILES string of the molecule is [2H]C([2H])(OP(=O)(O)OC[C@H](N)COC)[C@H]1O[C@@H](n2ccc(=O)[nH]c2=S)C(C)(O)[C@H]1O. The van der Waals surface area contributed by atoms with Crippen molar-refractivity contribution in [3.63, 3.8) is 0 Å². The van der Waals surface area contributed by atoms with E-state index in [1.165, 1.54) is 13.3 Å². The molecule has 12 nitrogen and oxygen atoms in total. The Labute approximate surface area is 168 Å². The number of methoxy groups -OCH3 is 1. The van der Waals surface area contributed by atoms with Crippen LogP contribution in [0.5, 0.6) is 0 Å². The van der Waals surface area contributed by atoms with E-state index in [9.17, 15) is 24.5 Å². The Hall–Kier alpha value is -0.990. The van der Waals surface area contributed by atoms with Crippen molar-refractivity contribution in [2.75, 3.05) is 26.9 Å². The van der Waals surface area contributed by atoms with Gasteiger partial charge in [0.15, 0.2) is 11.0 Å². The summed E-state index contributed by atoms with van der Waals surface area (Å²) in [6.45, 7) is -2.40. The van der Waals surface area contributed by atoms with Crippen LogP contribution in [0.4, 0.5) is 0 Å². The van der Waals surface area contributed by atoms with Crippen LogP contribution in [-0.4, -0.2) is 75.4 Å². The van der Waals surface area contributed by atoms with Gasteiger partial charge >= 0.3 is 7.82 Å². The lowest BCUT2D eigenvalue weighted by Crippen LogP contribution is -2.44. The first-order chi connectivity index (χ1) is 13.7. The Bertz CT molecular complexity index is 911. The molecule has 6 N–H and O–H groups in total. The molecule has 14 heteroatoms. The number of aliphatic hydroxyl groups is 2. The minimum atomic E-state index is -4.98. The Balaban J connectivity index is 2.22. The molecule has 0 bridgehead atoms. The lowest BCUT2D eigenvalue weighted by Gasteiger charge is -2.27. The highest BCUT2D eigenvalue weighted by molar-refractivity contribution is 7.71. The summed E-state index contributed by atoms with van der Waals surface area (Å²) in [7, 11) is -3.61. The summed E-state index contributed by atoms with van der Waals surface area (Å²) in [5.74, 6) is 0. The number of nitrogens with one attached hydrogen (secondary N) is 1. The molecule has 0 aliphatic carbocycles. The van der Waals surface area contributed by atoms with E-state index in [4.69, 9.17) is 30.2 Å². The van der Waals surface area contributed by atoms with Gasteiger partial charge in [0.1, 0.15) is 17.8 Å². The molecular formula is C14H24N3O9PS. The molecule has 160 valence electrons. The molecule has 1 saturated heterocycles. The summed E-state index contributed by atoms with van der Waals surface area (Å²) in [5.41, 5.74) is 2.94. The first-order valence-electron chi connectivity index (χ1n) is 9.01. The van der Waals surface area contributed by atoms with Gasteiger partial charge in [-0.25, -0.2) is 4.57 Å². The molecule has 1 aliphatic rings. The van der Waals surface area contributed by atoms with Crippen LogP contribution in [0.2, 0.25) is 0 Å². The number of phosphoric acid groups is 1. The van der Waals surface area contributed by atoms with E-state index >= 15 is 0 Å². The fourth-order valence-electron chi connectivity index (χ4n) is 2.45. The number of nitrogens with two attached hydrogens (primary N) is 1. The maximum absolute atomic E-state index is 12.1. The average molecular weight is 443 g/mol. The molecule has 2 unspecified atom stereocenters. The molecule has 0 radical (unpaired) electrons. The van der Waals surface area contributed by atoms with Crippen molar-refractivity contribution >= 4 is 20.0 Å². The fourth-order valence-corrected chi connectivity index (χ4v) is 3.38. The molecule has 6 atom stereocenters. The van der Waals surface area contributed by atoms with E-state index in [0.717, 1.165) is 17.6 Å². The number of phosphoric ester groups is 1. The zero-order valence-electron chi connectivity index (χ0n) is 17.0. The van der Waals surface area contributed by atoms with Crippen molar-refractivity contribution in [1.29, 1.82) is 0 Å². The fraction of sp³-hybridized carbons (Fsp3) is 0.714. The summed E-state index contributed by atoms with van der Waals surface area (Å²) >= 11 is 5.00. The maximum Gasteiger partial charge on any atom is 0.472 e. The number of hydrogen-bond acceptors (Lipinski definition) is 10. The van der Waals surface area contributed by atoms with Gasteiger partial charge in [0.25, 0.3) is 5.56 Å². The largest absolute Gasteiger partial charge is 0.472 e. The van der Waals surface area contributed by atoms with E-state index < -0.39 is 56.6 Å². The topological polar surface area (TPSA) is 178 Å². The Morgan fingerprint density at radius 2 is 2.25 bits per heavy atom. The van der Waals surface area contributed by atoms with Gasteiger partial charge in [0.05, 0.1) is 28.6 Å². The van der Waals surface area contributed by atoms with Crippen molar-refractivity contribution < 1.29 is 40.9 Å². The van der Waals surface area contributed by atoms with Crippen LogP contribution >= 0.6 is 20.0 Å². The molecular weight excluding hydrogens is 417 g/mol. The molecule has 0 saturated carbocycles. The van der Waals surface area contributed by atoms with Crippen molar-refractivity contribution in [3.05, 3.63) is 27.4 Å². The number of ether oxygens (including phenoxy) is 2. The highest BCUT2D eigenvalue weighted by Crippen LogP contribution is 2.45. The summed E-state index contributed by atoms with van der Waals surface area (Å²) < 4.78 is 48.4. The summed E-state index contributed by atoms with van der Waals surface area (Å²) in [6.07, 6.45) is -4.11. The number of hydrogen-bond donors (Lipinski definition) is 5. The van der Waals surface area contributed by atoms with Gasteiger partial charge in [-0.05, 0) is 19.1 Å². The lowest BCUT2D eigenvalue weighted by molar-refractivity contribution is -0.0978. The van der Waals surface area contributed by atoms with Crippen LogP contribution in [-0.2, 0) is 23.1 Å². The Morgan fingerprint density at radius 1 is 1.57 bits per heavy atom. The minimum absolute atomic E-state index is 0.0156. The first-order valence-corrected chi connectivity index (χ1v) is 9.91. The molecule has 0 aromatic carbocycles. The minimum Gasteiger partial charge on any atom is -0.387 e. The Kier molecular flexibility index (Phi) is 6.68. The smallest absolute Gasteiger partial charge is 0.387 e. The van der Waals surface area contributed by atoms with Crippen LogP contribution in [0.3, 0.4) is 0 Å². The van der Waals surface area contributed by atoms with Gasteiger partial charge in [0.2, 0.25) is 0 Å². The molecule has 2 rings (SSSR count). The van der Waals surface area contributed by atoms with Crippen molar-refractivity contribution in [1.82, 2.24) is 9.55 Å². The average Bonchev–Trinajstić information content (AvgIpc) is 2.84. The van der Waals surface area contributed by atoms with E-state index in [0.29, 0.717) is 0 Å². The monoisotopic (exact) mass is 443 g/mol. The maximum atomic E-state index is 12.1. The van der Waals surface area contributed by atoms with Crippen molar-refractivity contribution in [2.45, 2.75) is 37.0 Å². The molecule has 0 spiro atoms. The predicted octanol–water partition coefficient (Wildman–Crippen LogP) is -0.978. The van der Waals surface area contributed by atoms with Gasteiger partial charge in [0, 0.05) is 19.4 Å². The van der Waals surface area contributed by atoms with Crippen molar-refractivity contribution in [3.8, 4) is 0 Å². The van der Waals surface area contributed by atoms with Crippen LogP contribution in [0, 0.1) is 4.77 Å². The van der Waals surface area contributed by atoms with Gasteiger partial charge in [-0.1, -0.05) is 0 Å². The third-order valence-electron chi connectivity index (χ3n) is 3.88. The number of aromatic amines is 1. The third kappa shape index (κ3) is 5.54. The molecule has 1 aliphatic heterocycles. The van der Waals surface area contributed by atoms with Crippen LogP contribution in [0.1, 0.15) is 15.9 Å². The van der Waals surface area contributed by atoms with Gasteiger partial charge in [-0.2, -0.15) is 0 Å². The van der Waals surface area contributed by atoms with Gasteiger partial charge in [-0.15, -0.1) is 0 Å². The summed E-state index contributed by atoms with van der Waals surface area (Å²) in [5, 5.41) is 21.1. The van der Waals surface area contributed by atoms with Crippen LogP contribution in [0.15, 0.2) is 17.1 Å². The molecule has 1 aromatic heterocycles. The molecule has 2 heterocycles. The second-order valence-electron chi connectivity index (χ2n) is 6.29. The summed E-state index contributed by atoms with van der Waals surface area (Å²) in [4.78, 5) is 23.5. The number of aromatic nitrogens is 2. The predicted molar refractivity (Wildman–Crippen MR) is 98.0 cm³/mol. The second-order valence-corrected chi connectivity index (χ2v) is 8.05. The highest BCUT2D eigenvalue weighted by atomic mass is 32.1. The van der Waals surface area contributed by atoms with Gasteiger partial charge < -0.3 is 30.3 Å². The first kappa shape index (κ1) is 20.3. The Morgan fingerprint density at radius 3 is 2.86 bits per heavy atom. The quantitative estimate of drug-likeness (QED) is 0.234. The number of rotatable bonds is 9. The summed E-state index contributed by atoms with van der Waals surface area (Å²) in [6, 6.07) is 0.310. The molecule has 28 heavy (non-hydrogen) atoms. The number of aliphatic hydroxyl groups excluding tert-OH is 1. The number of nitrogens with zero attached hydrogens (tertiary/aromatic N) is 1. The van der Waals surface area contributed by atoms with E-state index in [1.807, 2.05) is 0 Å². The second kappa shape index (κ2) is 9.22. The zero-order valence-corrected chi connectivity index (χ0v) is 16.8.